The van der Waals surface area contributed by atoms with Crippen LogP contribution in [0.1, 0.15) is 5.56 Å². The van der Waals surface area contributed by atoms with E-state index in [4.69, 9.17) is 11.6 Å². The van der Waals surface area contributed by atoms with Gasteiger partial charge >= 0.3 is 11.9 Å². The summed E-state index contributed by atoms with van der Waals surface area (Å²) in [6, 6.07) is 0.742. The van der Waals surface area contributed by atoms with E-state index in [9.17, 15) is 37.6 Å². The van der Waals surface area contributed by atoms with E-state index in [-0.39, 0.29) is 4.68 Å². The quantitative estimate of drug-likeness (QED) is 0.508. The van der Waals surface area contributed by atoms with E-state index in [0.29, 0.717) is 18.3 Å². The Bertz CT molecular complexity index is 866. The minimum atomic E-state index is -5.08. The average molecular weight is 354 g/mol. The van der Waals surface area contributed by atoms with Gasteiger partial charge in [0, 0.05) is 6.20 Å². The van der Waals surface area contributed by atoms with E-state index in [1.165, 1.54) is 0 Å². The second kappa shape index (κ2) is 5.50. The maximum atomic E-state index is 14.0. The van der Waals surface area contributed by atoms with Crippen LogP contribution in [0.2, 0.25) is 5.02 Å². The lowest BCUT2D eigenvalue weighted by atomic mass is 10.2. The van der Waals surface area contributed by atoms with Crippen LogP contribution in [0.15, 0.2) is 23.1 Å². The number of nitro benzene ring substituents is 1. The molecule has 0 spiro atoms. The van der Waals surface area contributed by atoms with Gasteiger partial charge in [0.15, 0.2) is 11.5 Å². The number of rotatable bonds is 2. The van der Waals surface area contributed by atoms with Gasteiger partial charge in [-0.25, -0.2) is 4.39 Å². The molecule has 1 heterocycles. The number of aromatic hydroxyl groups is 1. The minimum absolute atomic E-state index is 0.160. The summed E-state index contributed by atoms with van der Waals surface area (Å²) in [4.78, 5) is 21.5. The van der Waals surface area contributed by atoms with Crippen molar-refractivity contribution in [2.24, 2.45) is 0 Å². The maximum Gasteiger partial charge on any atom is 0.421 e. The number of phenolic OH excluding ortho intramolecular Hbond substituents is 1. The van der Waals surface area contributed by atoms with Gasteiger partial charge in [0.25, 0.3) is 5.56 Å². The van der Waals surface area contributed by atoms with E-state index < -0.39 is 50.2 Å². The monoisotopic (exact) mass is 353 g/mol. The lowest BCUT2D eigenvalue weighted by molar-refractivity contribution is -0.385. The molecule has 0 aliphatic carbocycles. The molecule has 23 heavy (non-hydrogen) atoms. The van der Waals surface area contributed by atoms with Gasteiger partial charge in [-0.2, -0.15) is 23.0 Å². The van der Waals surface area contributed by atoms with E-state index in [0.717, 1.165) is 0 Å². The first kappa shape index (κ1) is 16.7. The van der Waals surface area contributed by atoms with Crippen molar-refractivity contribution in [3.05, 3.63) is 55.2 Å². The highest BCUT2D eigenvalue weighted by Gasteiger charge is 2.37. The Hall–Kier alpha value is -2.69. The molecule has 12 heteroatoms. The Labute approximate surface area is 128 Å². The van der Waals surface area contributed by atoms with Crippen LogP contribution in [0.5, 0.6) is 5.75 Å². The largest absolute Gasteiger partial charge is 0.501 e. The van der Waals surface area contributed by atoms with Crippen molar-refractivity contribution in [1.82, 2.24) is 9.78 Å². The number of phenols is 1. The summed E-state index contributed by atoms with van der Waals surface area (Å²) in [6.45, 7) is 0. The summed E-state index contributed by atoms with van der Waals surface area (Å²) in [5.74, 6) is -2.72. The van der Waals surface area contributed by atoms with E-state index in [1.54, 1.807) is 0 Å². The summed E-state index contributed by atoms with van der Waals surface area (Å²) in [7, 11) is 0. The second-order valence-electron chi connectivity index (χ2n) is 4.10. The highest BCUT2D eigenvalue weighted by molar-refractivity contribution is 6.32. The van der Waals surface area contributed by atoms with Gasteiger partial charge in [0.05, 0.1) is 9.95 Å². The number of benzene rings is 1. The molecular formula is C11H4ClF4N3O4. The summed E-state index contributed by atoms with van der Waals surface area (Å²) < 4.78 is 51.9. The molecule has 0 saturated heterocycles. The topological polar surface area (TPSA) is 98.3 Å². The molecule has 0 aliphatic rings. The average Bonchev–Trinajstić information content (AvgIpc) is 2.41. The fourth-order valence-corrected chi connectivity index (χ4v) is 1.93. The van der Waals surface area contributed by atoms with Crippen molar-refractivity contribution in [2.75, 3.05) is 0 Å². The molecule has 7 nitrogen and oxygen atoms in total. The third-order valence-electron chi connectivity index (χ3n) is 2.70. The molecule has 2 rings (SSSR count). The number of nitrogens with zero attached hydrogens (tertiary/aromatic N) is 3. The van der Waals surface area contributed by atoms with Gasteiger partial charge in [-0.15, -0.1) is 0 Å². The van der Waals surface area contributed by atoms with Gasteiger partial charge < -0.3 is 5.11 Å². The summed E-state index contributed by atoms with van der Waals surface area (Å²) in [6.07, 6.45) is -4.57. The Morgan fingerprint density at radius 3 is 2.52 bits per heavy atom. The predicted octanol–water partition coefficient (Wildman–Crippen LogP) is 2.66. The van der Waals surface area contributed by atoms with Gasteiger partial charge in [-0.3, -0.25) is 14.9 Å². The summed E-state index contributed by atoms with van der Waals surface area (Å²) in [5.41, 5.74) is -6.20. The predicted molar refractivity (Wildman–Crippen MR) is 68.1 cm³/mol. The van der Waals surface area contributed by atoms with Gasteiger partial charge in [-0.05, 0) is 12.1 Å². The van der Waals surface area contributed by atoms with Crippen molar-refractivity contribution in [1.29, 1.82) is 0 Å². The van der Waals surface area contributed by atoms with E-state index in [1.807, 2.05) is 0 Å². The lowest BCUT2D eigenvalue weighted by Gasteiger charge is -2.11. The van der Waals surface area contributed by atoms with E-state index >= 15 is 0 Å². The van der Waals surface area contributed by atoms with Crippen LogP contribution in [-0.4, -0.2) is 19.8 Å². The van der Waals surface area contributed by atoms with Crippen LogP contribution in [0.4, 0.5) is 23.2 Å². The first-order chi connectivity index (χ1) is 10.6. The molecule has 0 aliphatic heterocycles. The Balaban J connectivity index is 2.92. The maximum absolute atomic E-state index is 14.0. The molecule has 1 aromatic heterocycles. The highest BCUT2D eigenvalue weighted by atomic mass is 35.5. The highest BCUT2D eigenvalue weighted by Crippen LogP contribution is 2.39. The van der Waals surface area contributed by atoms with Crippen molar-refractivity contribution < 1.29 is 27.6 Å². The van der Waals surface area contributed by atoms with Crippen molar-refractivity contribution in [2.45, 2.75) is 6.18 Å². The van der Waals surface area contributed by atoms with E-state index in [2.05, 4.69) is 5.10 Å². The first-order valence-corrected chi connectivity index (χ1v) is 5.94. The molecule has 0 bridgehead atoms. The van der Waals surface area contributed by atoms with Crippen molar-refractivity contribution in [3.63, 3.8) is 0 Å². The third kappa shape index (κ3) is 2.82. The zero-order valence-electron chi connectivity index (χ0n) is 10.6. The minimum Gasteiger partial charge on any atom is -0.501 e. The van der Waals surface area contributed by atoms with Crippen LogP contribution >= 0.6 is 11.6 Å². The number of hydrogen-bond acceptors (Lipinski definition) is 5. The van der Waals surface area contributed by atoms with Crippen LogP contribution in [0.25, 0.3) is 5.69 Å². The van der Waals surface area contributed by atoms with Crippen molar-refractivity contribution in [3.8, 4) is 11.4 Å². The molecule has 0 radical (unpaired) electrons. The molecule has 0 saturated carbocycles. The SMILES string of the molecule is O=c1c(C(F)(F)F)ccnn1-c1c(F)cc(Cl)c(O)c1[N+](=O)[O-]. The molecule has 1 aromatic carbocycles. The second-order valence-corrected chi connectivity index (χ2v) is 4.51. The first-order valence-electron chi connectivity index (χ1n) is 5.57. The normalized spacial score (nSPS) is 11.5. The Morgan fingerprint density at radius 2 is 2.00 bits per heavy atom. The molecule has 122 valence electrons. The molecule has 1 N–H and O–H groups in total. The van der Waals surface area contributed by atoms with Crippen LogP contribution in [0.3, 0.4) is 0 Å². The van der Waals surface area contributed by atoms with Gasteiger partial charge in [0.1, 0.15) is 5.56 Å². The summed E-state index contributed by atoms with van der Waals surface area (Å²) >= 11 is 5.38. The number of alkyl halides is 3. The molecule has 2 aromatic rings. The van der Waals surface area contributed by atoms with Crippen LogP contribution in [-0.2, 0) is 6.18 Å². The van der Waals surface area contributed by atoms with Crippen LogP contribution in [0, 0.1) is 15.9 Å². The number of halogens is 5. The summed E-state index contributed by atoms with van der Waals surface area (Å²) in [5, 5.41) is 23.0. The molecule has 0 atom stereocenters. The smallest absolute Gasteiger partial charge is 0.421 e. The van der Waals surface area contributed by atoms with Gasteiger partial charge in [-0.1, -0.05) is 11.6 Å². The fraction of sp³-hybridized carbons (Fsp3) is 0.0909. The number of hydrogen-bond donors (Lipinski definition) is 1. The molecule has 0 amide bonds. The Morgan fingerprint density at radius 1 is 1.39 bits per heavy atom. The lowest BCUT2D eigenvalue weighted by Crippen LogP contribution is -2.30. The number of aromatic nitrogens is 2. The van der Waals surface area contributed by atoms with Crippen LogP contribution < -0.4 is 5.56 Å². The zero-order valence-corrected chi connectivity index (χ0v) is 11.4. The standard InChI is InChI=1S/C11H4ClF4N3O4/c12-5-3-6(13)7(8(9(5)20)19(22)23)18-10(21)4(1-2-17-18)11(14,15)16/h1-3,20H. The third-order valence-corrected chi connectivity index (χ3v) is 2.99. The molecule has 0 unspecified atom stereocenters. The fourth-order valence-electron chi connectivity index (χ4n) is 1.75. The zero-order chi connectivity index (χ0) is 17.5. The number of nitro groups is 1. The van der Waals surface area contributed by atoms with Crippen molar-refractivity contribution >= 4 is 17.3 Å². The molecular weight excluding hydrogens is 350 g/mol. The molecule has 0 fully saturated rings. The Kier molecular flexibility index (Phi) is 3.99. The van der Waals surface area contributed by atoms with Gasteiger partial charge in [0.2, 0.25) is 5.75 Å².